The lowest BCUT2D eigenvalue weighted by molar-refractivity contribution is -0.127. The molecule has 1 fully saturated rings. The molecule has 0 bridgehead atoms. The highest BCUT2D eigenvalue weighted by atomic mass is 16.2. The van der Waals surface area contributed by atoms with Gasteiger partial charge >= 0.3 is 0 Å². The predicted molar refractivity (Wildman–Crippen MR) is 111 cm³/mol. The molecule has 0 aliphatic carbocycles. The molecule has 1 aliphatic heterocycles. The zero-order valence-corrected chi connectivity index (χ0v) is 17.2. The van der Waals surface area contributed by atoms with Crippen LogP contribution in [0, 0.1) is 5.41 Å². The smallest absolute Gasteiger partial charge is 0.232 e. The number of nitrogens with one attached hydrogen (secondary N) is 1. The van der Waals surface area contributed by atoms with Crippen molar-refractivity contribution >= 4 is 11.7 Å². The third kappa shape index (κ3) is 4.08. The van der Waals surface area contributed by atoms with Crippen LogP contribution in [0.4, 0.5) is 5.82 Å². The molecule has 1 saturated heterocycles. The van der Waals surface area contributed by atoms with Gasteiger partial charge in [0.25, 0.3) is 0 Å². The Morgan fingerprint density at radius 2 is 1.96 bits per heavy atom. The van der Waals surface area contributed by atoms with E-state index in [0.717, 1.165) is 49.4 Å². The van der Waals surface area contributed by atoms with E-state index >= 15 is 0 Å². The minimum absolute atomic E-state index is 0.0869. The summed E-state index contributed by atoms with van der Waals surface area (Å²) >= 11 is 0. The molecule has 1 aliphatic rings. The van der Waals surface area contributed by atoms with Gasteiger partial charge in [-0.2, -0.15) is 5.10 Å². The van der Waals surface area contributed by atoms with E-state index in [-0.39, 0.29) is 16.9 Å². The van der Waals surface area contributed by atoms with Gasteiger partial charge in [0.15, 0.2) is 0 Å². The van der Waals surface area contributed by atoms with Crippen molar-refractivity contribution in [1.29, 1.82) is 0 Å². The van der Waals surface area contributed by atoms with Gasteiger partial charge in [0.2, 0.25) is 5.91 Å². The van der Waals surface area contributed by atoms with E-state index in [2.05, 4.69) is 62.1 Å². The van der Waals surface area contributed by atoms with Crippen LogP contribution in [0.5, 0.6) is 0 Å². The summed E-state index contributed by atoms with van der Waals surface area (Å²) in [5.74, 6) is 0.873. The number of rotatable bonds is 4. The quantitative estimate of drug-likeness (QED) is 0.872. The molecule has 146 valence electrons. The van der Waals surface area contributed by atoms with E-state index in [1.807, 2.05) is 29.1 Å². The number of hydrogen-bond donors (Lipinski definition) is 1. The molecule has 0 spiro atoms. The average molecular weight is 369 g/mol. The Hall–Kier alpha value is -2.14. The van der Waals surface area contributed by atoms with Crippen molar-refractivity contribution < 1.29 is 4.79 Å². The Balaban J connectivity index is 1.95. The van der Waals surface area contributed by atoms with Gasteiger partial charge in [0, 0.05) is 12.1 Å². The first-order valence-electron chi connectivity index (χ1n) is 9.92. The predicted octanol–water partition coefficient (Wildman–Crippen LogP) is 4.37. The van der Waals surface area contributed by atoms with Gasteiger partial charge in [-0.1, -0.05) is 37.3 Å². The number of anilines is 1. The minimum Gasteiger partial charge on any atom is -0.310 e. The van der Waals surface area contributed by atoms with Crippen molar-refractivity contribution in [3.05, 3.63) is 36.5 Å². The topological polar surface area (TPSA) is 50.2 Å². The van der Waals surface area contributed by atoms with E-state index in [1.54, 1.807) is 0 Å². The van der Waals surface area contributed by atoms with E-state index in [4.69, 9.17) is 0 Å². The molecule has 1 unspecified atom stereocenters. The highest BCUT2D eigenvalue weighted by molar-refractivity contribution is 5.98. The summed E-state index contributed by atoms with van der Waals surface area (Å²) in [7, 11) is 0. The first-order valence-corrected chi connectivity index (χ1v) is 9.92. The normalized spacial score (nSPS) is 21.2. The first kappa shape index (κ1) is 19.6. The molecule has 1 amide bonds. The Kier molecular flexibility index (Phi) is 5.43. The van der Waals surface area contributed by atoms with E-state index in [9.17, 15) is 4.79 Å². The number of hydrogen-bond acceptors (Lipinski definition) is 3. The number of piperidine rings is 1. The minimum atomic E-state index is -0.380. The first-order chi connectivity index (χ1) is 12.7. The van der Waals surface area contributed by atoms with Gasteiger partial charge in [-0.15, -0.1) is 0 Å². The summed E-state index contributed by atoms with van der Waals surface area (Å²) in [6.07, 6.45) is 3.83. The largest absolute Gasteiger partial charge is 0.310 e. The summed E-state index contributed by atoms with van der Waals surface area (Å²) in [4.78, 5) is 15.7. The van der Waals surface area contributed by atoms with Gasteiger partial charge in [0.05, 0.1) is 17.2 Å². The maximum atomic E-state index is 13.3. The molecule has 0 radical (unpaired) electrons. The van der Waals surface area contributed by atoms with Crippen molar-refractivity contribution in [2.24, 2.45) is 5.41 Å². The third-order valence-corrected chi connectivity index (χ3v) is 5.49. The summed E-state index contributed by atoms with van der Waals surface area (Å²) in [5.41, 5.74) is 1.42. The number of nitrogens with zero attached hydrogens (tertiary/aromatic N) is 3. The van der Waals surface area contributed by atoms with Crippen LogP contribution < -0.4 is 5.32 Å². The van der Waals surface area contributed by atoms with E-state index in [0.29, 0.717) is 0 Å². The van der Waals surface area contributed by atoms with Gasteiger partial charge in [-0.3, -0.25) is 4.79 Å². The fourth-order valence-electron chi connectivity index (χ4n) is 3.86. The Labute approximate surface area is 162 Å². The molecule has 2 heterocycles. The highest BCUT2D eigenvalue weighted by Crippen LogP contribution is 2.35. The van der Waals surface area contributed by atoms with Crippen LogP contribution in [0.3, 0.4) is 0 Å². The maximum Gasteiger partial charge on any atom is 0.232 e. The summed E-state index contributed by atoms with van der Waals surface area (Å²) in [5, 5.41) is 7.86. The Bertz CT molecular complexity index is 790. The van der Waals surface area contributed by atoms with Crippen molar-refractivity contribution in [3.8, 4) is 11.1 Å². The lowest BCUT2D eigenvalue weighted by Gasteiger charge is -2.39. The van der Waals surface area contributed by atoms with Crippen molar-refractivity contribution in [2.45, 2.75) is 53.0 Å². The van der Waals surface area contributed by atoms with Crippen LogP contribution in [-0.2, 0) is 10.3 Å². The number of carbonyl (C=O) groups excluding carboxylic acids is 1. The van der Waals surface area contributed by atoms with E-state index in [1.165, 1.54) is 0 Å². The number of likely N-dealkylation sites (tertiary alicyclic amines) is 1. The lowest BCUT2D eigenvalue weighted by atomic mass is 9.81. The second kappa shape index (κ2) is 7.47. The van der Waals surface area contributed by atoms with Crippen LogP contribution in [0.2, 0.25) is 0 Å². The molecule has 0 saturated carbocycles. The number of carbonyl (C=O) groups is 1. The number of benzene rings is 1. The molecule has 2 aromatic rings. The molecule has 5 heteroatoms. The van der Waals surface area contributed by atoms with Gasteiger partial charge in [-0.25, -0.2) is 4.68 Å². The number of aromatic nitrogens is 2. The molecule has 1 aromatic heterocycles. The molecule has 1 atom stereocenters. The van der Waals surface area contributed by atoms with Crippen molar-refractivity contribution in [3.63, 3.8) is 0 Å². The Morgan fingerprint density at radius 3 is 2.59 bits per heavy atom. The van der Waals surface area contributed by atoms with E-state index < -0.39 is 0 Å². The van der Waals surface area contributed by atoms with Crippen LogP contribution in [0.1, 0.15) is 47.5 Å². The third-order valence-electron chi connectivity index (χ3n) is 5.49. The van der Waals surface area contributed by atoms with Crippen molar-refractivity contribution in [1.82, 2.24) is 14.7 Å². The zero-order chi connectivity index (χ0) is 19.7. The van der Waals surface area contributed by atoms with Crippen LogP contribution in [-0.4, -0.2) is 40.2 Å². The SMILES string of the molecule is CCN1CCCC(C)(C(=O)Nc2c(-c3ccccc3)cnn2C(C)(C)C)C1. The fraction of sp³-hybridized carbons (Fsp3) is 0.545. The summed E-state index contributed by atoms with van der Waals surface area (Å²) in [6, 6.07) is 10.1. The van der Waals surface area contributed by atoms with Gasteiger partial charge < -0.3 is 10.2 Å². The second-order valence-electron chi connectivity index (χ2n) is 8.84. The van der Waals surface area contributed by atoms with Gasteiger partial charge in [0.1, 0.15) is 5.82 Å². The molecule has 1 N–H and O–H groups in total. The highest BCUT2D eigenvalue weighted by Gasteiger charge is 2.38. The standard InChI is InChI=1S/C22H32N4O/c1-6-25-14-10-13-22(5,16-25)20(27)24-19-18(17-11-8-7-9-12-17)15-23-26(19)21(2,3)4/h7-9,11-12,15H,6,10,13-14,16H2,1-5H3,(H,24,27). The second-order valence-corrected chi connectivity index (χ2v) is 8.84. The monoisotopic (exact) mass is 368 g/mol. The molecule has 3 rings (SSSR count). The average Bonchev–Trinajstić information content (AvgIpc) is 3.06. The summed E-state index contributed by atoms with van der Waals surface area (Å²) < 4.78 is 1.93. The molecule has 5 nitrogen and oxygen atoms in total. The Morgan fingerprint density at radius 1 is 1.26 bits per heavy atom. The lowest BCUT2D eigenvalue weighted by Crippen LogP contribution is -2.48. The maximum absolute atomic E-state index is 13.3. The zero-order valence-electron chi connectivity index (χ0n) is 17.2. The molecular formula is C22H32N4O. The molecule has 27 heavy (non-hydrogen) atoms. The van der Waals surface area contributed by atoms with Crippen LogP contribution in [0.15, 0.2) is 36.5 Å². The van der Waals surface area contributed by atoms with Gasteiger partial charge in [-0.05, 0) is 59.2 Å². The number of amides is 1. The summed E-state index contributed by atoms with van der Waals surface area (Å²) in [6.45, 7) is 13.4. The fourth-order valence-corrected chi connectivity index (χ4v) is 3.86. The van der Waals surface area contributed by atoms with Crippen molar-refractivity contribution in [2.75, 3.05) is 25.0 Å². The van der Waals surface area contributed by atoms with Crippen LogP contribution in [0.25, 0.3) is 11.1 Å². The molecular weight excluding hydrogens is 336 g/mol. The molecule has 1 aromatic carbocycles. The van der Waals surface area contributed by atoms with Crippen LogP contribution >= 0.6 is 0 Å².